The van der Waals surface area contributed by atoms with Gasteiger partial charge in [0.05, 0.1) is 6.67 Å². The van der Waals surface area contributed by atoms with Crippen molar-refractivity contribution in [3.8, 4) is 0 Å². The molecule has 0 spiro atoms. The Balaban J connectivity index is 1.78. The summed E-state index contributed by atoms with van der Waals surface area (Å²) >= 11 is 5.30. The lowest BCUT2D eigenvalue weighted by Gasteiger charge is -2.18. The van der Waals surface area contributed by atoms with Crippen LogP contribution < -0.4 is 10.6 Å². The van der Waals surface area contributed by atoms with Crippen molar-refractivity contribution in [3.63, 3.8) is 0 Å². The molecule has 0 radical (unpaired) electrons. The summed E-state index contributed by atoms with van der Waals surface area (Å²) in [7, 11) is 0. The Morgan fingerprint density at radius 2 is 2.60 bits per heavy atom. The van der Waals surface area contributed by atoms with Crippen molar-refractivity contribution >= 4 is 17.3 Å². The van der Waals surface area contributed by atoms with Gasteiger partial charge in [0.2, 0.25) is 0 Å². The largest absolute Gasteiger partial charge is 0.367 e. The van der Waals surface area contributed by atoms with Crippen LogP contribution in [0.4, 0.5) is 0 Å². The average Bonchev–Trinajstić information content (AvgIpc) is 2.84. The van der Waals surface area contributed by atoms with E-state index in [1.54, 1.807) is 0 Å². The Kier molecular flexibility index (Phi) is 3.23. The fourth-order valence-corrected chi connectivity index (χ4v) is 1.85. The molecule has 0 aromatic carbocycles. The summed E-state index contributed by atoms with van der Waals surface area (Å²) in [5, 5.41) is 7.41. The molecule has 82 valence electrons. The van der Waals surface area contributed by atoms with Gasteiger partial charge < -0.3 is 15.2 Å². The Morgan fingerprint density at radius 1 is 1.73 bits per heavy atom. The molecule has 3 N–H and O–H groups in total. The predicted molar refractivity (Wildman–Crippen MR) is 64.4 cm³/mol. The molecule has 1 saturated heterocycles. The molecule has 1 atom stereocenters. The Hall–Kier alpha value is -1.07. The highest BCUT2D eigenvalue weighted by molar-refractivity contribution is 7.80. The number of hydrogen-bond donors (Lipinski definition) is 3. The number of rotatable bonds is 2. The molecule has 1 aliphatic heterocycles. The number of nitrogens with one attached hydrogen (secondary N) is 3. The van der Waals surface area contributed by atoms with Crippen LogP contribution in [0.2, 0.25) is 0 Å². The summed E-state index contributed by atoms with van der Waals surface area (Å²) in [6.07, 6.45) is 3.89. The molecular weight excluding hydrogens is 208 g/mol. The Morgan fingerprint density at radius 3 is 3.20 bits per heavy atom. The molecule has 0 amide bonds. The van der Waals surface area contributed by atoms with Crippen molar-refractivity contribution in [2.45, 2.75) is 19.5 Å². The average molecular weight is 224 g/mol. The van der Waals surface area contributed by atoms with E-state index < -0.39 is 0 Å². The molecule has 0 saturated carbocycles. The second-order valence-corrected chi connectivity index (χ2v) is 4.25. The maximum absolute atomic E-state index is 5.30. The third-order valence-corrected chi connectivity index (χ3v) is 2.92. The molecule has 1 unspecified atom stereocenters. The minimum absolute atomic E-state index is 0.525. The van der Waals surface area contributed by atoms with Gasteiger partial charge in [0.25, 0.3) is 0 Å². The van der Waals surface area contributed by atoms with Gasteiger partial charge in [0, 0.05) is 31.5 Å². The van der Waals surface area contributed by atoms with Crippen molar-refractivity contribution in [1.82, 2.24) is 20.5 Å². The maximum Gasteiger partial charge on any atom is 0.170 e. The van der Waals surface area contributed by atoms with Crippen molar-refractivity contribution < 1.29 is 0 Å². The van der Waals surface area contributed by atoms with Crippen molar-refractivity contribution in [2.75, 3.05) is 13.2 Å². The van der Waals surface area contributed by atoms with E-state index in [1.165, 1.54) is 5.56 Å². The molecule has 1 aliphatic rings. The zero-order valence-electron chi connectivity index (χ0n) is 8.79. The lowest BCUT2D eigenvalue weighted by molar-refractivity contribution is 0.495. The number of hydrogen-bond acceptors (Lipinski definition) is 2. The highest BCUT2D eigenvalue weighted by Gasteiger charge is 2.19. The molecule has 1 aromatic heterocycles. The summed E-state index contributed by atoms with van der Waals surface area (Å²) in [4.78, 5) is 5.17. The summed E-state index contributed by atoms with van der Waals surface area (Å²) in [6.45, 7) is 4.78. The molecule has 5 heteroatoms. The van der Waals surface area contributed by atoms with E-state index in [2.05, 4.69) is 27.4 Å². The van der Waals surface area contributed by atoms with E-state index in [0.717, 1.165) is 24.9 Å². The number of nitrogens with zero attached hydrogens (tertiary/aromatic N) is 1. The molecule has 4 nitrogen and oxygen atoms in total. The van der Waals surface area contributed by atoms with Crippen molar-refractivity contribution in [2.24, 2.45) is 0 Å². The second kappa shape index (κ2) is 4.63. The van der Waals surface area contributed by atoms with Gasteiger partial charge in [0.1, 0.15) is 0 Å². The van der Waals surface area contributed by atoms with E-state index in [0.29, 0.717) is 6.04 Å². The lowest BCUT2D eigenvalue weighted by Crippen LogP contribution is -2.38. The smallest absolute Gasteiger partial charge is 0.170 e. The van der Waals surface area contributed by atoms with Crippen LogP contribution in [-0.2, 0) is 6.54 Å². The quantitative estimate of drug-likeness (QED) is 0.645. The first-order valence-corrected chi connectivity index (χ1v) is 5.54. The summed E-state index contributed by atoms with van der Waals surface area (Å²) in [5.74, 6) is 0. The highest BCUT2D eigenvalue weighted by Crippen LogP contribution is 2.01. The number of H-pyrrole nitrogens is 1. The second-order valence-electron chi connectivity index (χ2n) is 3.86. The molecule has 15 heavy (non-hydrogen) atoms. The molecule has 0 aliphatic carbocycles. The van der Waals surface area contributed by atoms with E-state index in [-0.39, 0.29) is 0 Å². The first-order chi connectivity index (χ1) is 7.25. The zero-order chi connectivity index (χ0) is 10.7. The molecule has 1 aromatic rings. The van der Waals surface area contributed by atoms with E-state index in [9.17, 15) is 0 Å². The molecule has 2 heterocycles. The van der Waals surface area contributed by atoms with Crippen LogP contribution in [0.5, 0.6) is 0 Å². The molecule has 2 rings (SSSR count). The molecular formula is C10H16N4S. The molecule has 0 bridgehead atoms. The van der Waals surface area contributed by atoms with Gasteiger partial charge in [-0.3, -0.25) is 5.32 Å². The van der Waals surface area contributed by atoms with E-state index >= 15 is 0 Å². The van der Waals surface area contributed by atoms with Gasteiger partial charge in [-0.25, -0.2) is 0 Å². The topological polar surface area (TPSA) is 43.1 Å². The van der Waals surface area contributed by atoms with Gasteiger partial charge in [-0.2, -0.15) is 0 Å². The van der Waals surface area contributed by atoms with Gasteiger partial charge in [-0.1, -0.05) is 0 Å². The van der Waals surface area contributed by atoms with E-state index in [4.69, 9.17) is 12.2 Å². The first kappa shape index (κ1) is 10.4. The number of aromatic amines is 1. The van der Waals surface area contributed by atoms with Gasteiger partial charge in [-0.05, 0) is 30.8 Å². The third kappa shape index (κ3) is 2.70. The van der Waals surface area contributed by atoms with Crippen LogP contribution in [0.3, 0.4) is 0 Å². The van der Waals surface area contributed by atoms with Crippen molar-refractivity contribution in [1.29, 1.82) is 0 Å². The fraction of sp³-hybridized carbons (Fsp3) is 0.500. The monoisotopic (exact) mass is 224 g/mol. The Bertz CT molecular complexity index is 322. The minimum Gasteiger partial charge on any atom is -0.367 e. The van der Waals surface area contributed by atoms with Crippen LogP contribution in [-0.4, -0.2) is 34.3 Å². The van der Waals surface area contributed by atoms with Crippen LogP contribution in [0, 0.1) is 0 Å². The summed E-state index contributed by atoms with van der Waals surface area (Å²) in [6, 6.07) is 2.57. The van der Waals surface area contributed by atoms with Gasteiger partial charge >= 0.3 is 0 Å². The van der Waals surface area contributed by atoms with Crippen LogP contribution in [0.25, 0.3) is 0 Å². The van der Waals surface area contributed by atoms with Gasteiger partial charge in [-0.15, -0.1) is 0 Å². The third-order valence-electron chi connectivity index (χ3n) is 2.52. The number of aromatic nitrogens is 1. The molecule has 1 fully saturated rings. The summed E-state index contributed by atoms with van der Waals surface area (Å²) < 4.78 is 0. The van der Waals surface area contributed by atoms with Crippen LogP contribution in [0.1, 0.15) is 12.5 Å². The first-order valence-electron chi connectivity index (χ1n) is 5.13. The summed E-state index contributed by atoms with van der Waals surface area (Å²) in [5.41, 5.74) is 1.22. The standard InChI is InChI=1S/C10H16N4S/c1-8-6-14(7-13-8)10(15)12-5-9-2-3-11-4-9/h2-4,8,11,13H,5-7H2,1H3,(H,12,15). The van der Waals surface area contributed by atoms with Crippen LogP contribution >= 0.6 is 12.2 Å². The number of thiocarbonyl (C=S) groups is 1. The maximum atomic E-state index is 5.30. The Labute approximate surface area is 95.0 Å². The predicted octanol–water partition coefficient (Wildman–Crippen LogP) is 0.640. The zero-order valence-corrected chi connectivity index (χ0v) is 9.60. The fourth-order valence-electron chi connectivity index (χ4n) is 1.64. The normalized spacial score (nSPS) is 20.6. The SMILES string of the molecule is CC1CN(C(=S)NCc2cc[nH]c2)CN1. The van der Waals surface area contributed by atoms with Crippen molar-refractivity contribution in [3.05, 3.63) is 24.0 Å². The van der Waals surface area contributed by atoms with Crippen LogP contribution in [0.15, 0.2) is 18.5 Å². The van der Waals surface area contributed by atoms with Gasteiger partial charge in [0.15, 0.2) is 5.11 Å². The van der Waals surface area contributed by atoms with E-state index in [1.807, 2.05) is 18.5 Å². The lowest BCUT2D eigenvalue weighted by atomic mass is 10.3. The highest BCUT2D eigenvalue weighted by atomic mass is 32.1. The minimum atomic E-state index is 0.525.